The molecule has 2 heteroatoms. The number of likely N-dealkylation sites (N-methyl/N-ethyl adjacent to an activating group) is 1. The highest BCUT2D eigenvalue weighted by Crippen LogP contribution is 2.39. The van der Waals surface area contributed by atoms with E-state index in [9.17, 15) is 0 Å². The van der Waals surface area contributed by atoms with Gasteiger partial charge in [0, 0.05) is 12.0 Å². The molecule has 1 aliphatic heterocycles. The molecule has 0 bridgehead atoms. The fraction of sp³-hybridized carbons (Fsp3) is 0.556. The number of hydrogen-bond acceptors (Lipinski definition) is 2. The Bertz CT molecular complexity index is 486. The van der Waals surface area contributed by atoms with E-state index in [2.05, 4.69) is 55.0 Å². The van der Waals surface area contributed by atoms with Crippen LogP contribution >= 0.6 is 0 Å². The number of aryl methyl sites for hydroxylation is 1. The maximum absolute atomic E-state index is 3.58. The topological polar surface area (TPSA) is 24.1 Å². The third-order valence-electron chi connectivity index (χ3n) is 4.98. The van der Waals surface area contributed by atoms with Crippen molar-refractivity contribution in [3.63, 3.8) is 0 Å². The molecule has 2 atom stereocenters. The summed E-state index contributed by atoms with van der Waals surface area (Å²) in [5.41, 5.74) is 4.35. The molecule has 3 rings (SSSR count). The Hall–Kier alpha value is -1.12. The molecule has 2 aliphatic rings. The van der Waals surface area contributed by atoms with E-state index in [-0.39, 0.29) is 0 Å². The van der Waals surface area contributed by atoms with Crippen LogP contribution in [0.2, 0.25) is 0 Å². The molecular formula is C18H26N2. The first-order valence-corrected chi connectivity index (χ1v) is 7.94. The summed E-state index contributed by atoms with van der Waals surface area (Å²) in [7, 11) is 2.12. The third-order valence-corrected chi connectivity index (χ3v) is 4.98. The lowest BCUT2D eigenvalue weighted by Crippen LogP contribution is -2.40. The molecule has 0 spiro atoms. The first-order valence-electron chi connectivity index (χ1n) is 7.94. The first-order chi connectivity index (χ1) is 9.79. The number of hydrogen-bond donors (Lipinski definition) is 2. The maximum Gasteiger partial charge on any atom is 0.0170 e. The summed E-state index contributed by atoms with van der Waals surface area (Å²) in [5.74, 6) is 1.45. The van der Waals surface area contributed by atoms with Gasteiger partial charge in [0.2, 0.25) is 0 Å². The second-order valence-corrected chi connectivity index (χ2v) is 6.28. The van der Waals surface area contributed by atoms with Gasteiger partial charge in [0.25, 0.3) is 0 Å². The first kappa shape index (κ1) is 13.8. The number of piperidine rings is 1. The Morgan fingerprint density at radius 2 is 2.00 bits per heavy atom. The van der Waals surface area contributed by atoms with E-state index in [1.807, 2.05) is 0 Å². The average molecular weight is 270 g/mol. The molecule has 2 nitrogen and oxygen atoms in total. The van der Waals surface area contributed by atoms with Gasteiger partial charge < -0.3 is 10.6 Å². The van der Waals surface area contributed by atoms with Gasteiger partial charge >= 0.3 is 0 Å². The van der Waals surface area contributed by atoms with Crippen LogP contribution in [0.25, 0.3) is 6.08 Å². The normalized spacial score (nSPS) is 27.1. The van der Waals surface area contributed by atoms with Gasteiger partial charge in [0.15, 0.2) is 0 Å². The number of rotatable bonds is 2. The van der Waals surface area contributed by atoms with Crippen LogP contribution in [0.4, 0.5) is 0 Å². The van der Waals surface area contributed by atoms with Crippen LogP contribution in [0.15, 0.2) is 24.3 Å². The van der Waals surface area contributed by atoms with Gasteiger partial charge in [-0.05, 0) is 63.4 Å². The SMILES string of the molecule is CNC1CC=Cc2cc(C)ccc2C1C1CCNCC1. The fourth-order valence-electron chi connectivity index (χ4n) is 3.93. The summed E-state index contributed by atoms with van der Waals surface area (Å²) >= 11 is 0. The minimum atomic E-state index is 0.568. The van der Waals surface area contributed by atoms with Gasteiger partial charge in [-0.15, -0.1) is 0 Å². The summed E-state index contributed by atoms with van der Waals surface area (Å²) in [5, 5.41) is 7.07. The average Bonchev–Trinajstić information content (AvgIpc) is 2.66. The van der Waals surface area contributed by atoms with Crippen LogP contribution in [0, 0.1) is 12.8 Å². The lowest BCUT2D eigenvalue weighted by molar-refractivity contribution is 0.272. The molecule has 108 valence electrons. The molecule has 20 heavy (non-hydrogen) atoms. The van der Waals surface area contributed by atoms with E-state index in [1.54, 1.807) is 5.56 Å². The van der Waals surface area contributed by atoms with Crippen molar-refractivity contribution in [2.75, 3.05) is 20.1 Å². The van der Waals surface area contributed by atoms with Gasteiger partial charge in [0.1, 0.15) is 0 Å². The maximum atomic E-state index is 3.58. The largest absolute Gasteiger partial charge is 0.317 e. The third kappa shape index (κ3) is 2.68. The summed E-state index contributed by atoms with van der Waals surface area (Å²) in [4.78, 5) is 0. The van der Waals surface area contributed by atoms with Crippen molar-refractivity contribution < 1.29 is 0 Å². The molecule has 1 aromatic rings. The van der Waals surface area contributed by atoms with E-state index < -0.39 is 0 Å². The predicted molar refractivity (Wildman–Crippen MR) is 86.0 cm³/mol. The molecule has 1 aromatic carbocycles. The van der Waals surface area contributed by atoms with Crippen LogP contribution in [-0.4, -0.2) is 26.2 Å². The molecule has 1 saturated heterocycles. The summed E-state index contributed by atoms with van der Waals surface area (Å²) < 4.78 is 0. The molecule has 0 aromatic heterocycles. The van der Waals surface area contributed by atoms with Gasteiger partial charge in [-0.3, -0.25) is 0 Å². The van der Waals surface area contributed by atoms with Crippen molar-refractivity contribution in [1.82, 2.24) is 10.6 Å². The quantitative estimate of drug-likeness (QED) is 0.863. The van der Waals surface area contributed by atoms with Crippen LogP contribution in [0.3, 0.4) is 0 Å². The standard InChI is InChI=1S/C18H26N2/c1-13-6-7-16-15(12-13)4-3-5-17(19-2)18(16)14-8-10-20-11-9-14/h3-4,6-7,12,14,17-20H,5,8-11H2,1-2H3. The van der Waals surface area contributed by atoms with Gasteiger partial charge in [-0.25, -0.2) is 0 Å². The highest BCUT2D eigenvalue weighted by Gasteiger charge is 2.32. The van der Waals surface area contributed by atoms with Crippen molar-refractivity contribution in [2.24, 2.45) is 5.92 Å². The van der Waals surface area contributed by atoms with Crippen molar-refractivity contribution in [3.8, 4) is 0 Å². The van der Waals surface area contributed by atoms with E-state index >= 15 is 0 Å². The second-order valence-electron chi connectivity index (χ2n) is 6.28. The zero-order valence-corrected chi connectivity index (χ0v) is 12.7. The molecule has 1 fully saturated rings. The van der Waals surface area contributed by atoms with Crippen LogP contribution in [-0.2, 0) is 0 Å². The number of benzene rings is 1. The van der Waals surface area contributed by atoms with Crippen LogP contribution < -0.4 is 10.6 Å². The zero-order chi connectivity index (χ0) is 13.9. The minimum absolute atomic E-state index is 0.568. The lowest BCUT2D eigenvalue weighted by atomic mass is 9.74. The molecule has 1 heterocycles. The number of fused-ring (bicyclic) bond motifs is 1. The molecule has 0 radical (unpaired) electrons. The minimum Gasteiger partial charge on any atom is -0.317 e. The van der Waals surface area contributed by atoms with Gasteiger partial charge in [-0.1, -0.05) is 35.9 Å². The second kappa shape index (κ2) is 6.11. The van der Waals surface area contributed by atoms with E-state index in [0.717, 1.165) is 12.3 Å². The fourth-order valence-corrected chi connectivity index (χ4v) is 3.93. The lowest BCUT2D eigenvalue weighted by Gasteiger charge is -2.36. The van der Waals surface area contributed by atoms with Crippen LogP contribution in [0.1, 0.15) is 41.9 Å². The van der Waals surface area contributed by atoms with Gasteiger partial charge in [0.05, 0.1) is 0 Å². The predicted octanol–water partition coefficient (Wildman–Crippen LogP) is 3.08. The Morgan fingerprint density at radius 1 is 1.20 bits per heavy atom. The molecule has 0 amide bonds. The number of nitrogens with one attached hydrogen (secondary N) is 2. The summed E-state index contributed by atoms with van der Waals surface area (Å²) in [6, 6.07) is 7.56. The Balaban J connectivity index is 1.99. The molecule has 1 aliphatic carbocycles. The van der Waals surface area contributed by atoms with E-state index in [4.69, 9.17) is 0 Å². The highest BCUT2D eigenvalue weighted by molar-refractivity contribution is 5.58. The smallest absolute Gasteiger partial charge is 0.0170 e. The van der Waals surface area contributed by atoms with E-state index in [0.29, 0.717) is 12.0 Å². The summed E-state index contributed by atoms with van der Waals surface area (Å²) in [6.45, 7) is 4.53. The molecule has 0 saturated carbocycles. The Morgan fingerprint density at radius 3 is 2.75 bits per heavy atom. The van der Waals surface area contributed by atoms with Crippen molar-refractivity contribution >= 4 is 6.08 Å². The molecule has 2 unspecified atom stereocenters. The highest BCUT2D eigenvalue weighted by atomic mass is 14.9. The van der Waals surface area contributed by atoms with Crippen molar-refractivity contribution in [2.45, 2.75) is 38.1 Å². The van der Waals surface area contributed by atoms with Gasteiger partial charge in [-0.2, -0.15) is 0 Å². The van der Waals surface area contributed by atoms with Crippen LogP contribution in [0.5, 0.6) is 0 Å². The molecular weight excluding hydrogens is 244 g/mol. The zero-order valence-electron chi connectivity index (χ0n) is 12.7. The van der Waals surface area contributed by atoms with Crippen molar-refractivity contribution in [1.29, 1.82) is 0 Å². The summed E-state index contributed by atoms with van der Waals surface area (Å²) in [6.07, 6.45) is 8.42. The van der Waals surface area contributed by atoms with E-state index in [1.165, 1.54) is 37.1 Å². The Kier molecular flexibility index (Phi) is 4.23. The van der Waals surface area contributed by atoms with Crippen molar-refractivity contribution in [3.05, 3.63) is 41.0 Å². The monoisotopic (exact) mass is 270 g/mol. The molecule has 2 N–H and O–H groups in total. The Labute approximate surface area is 122 Å².